The number of carbonyl (C=O) groups is 1. The largest absolute Gasteiger partial charge is 0.361 e. The van der Waals surface area contributed by atoms with Gasteiger partial charge in [-0.1, -0.05) is 6.07 Å². The van der Waals surface area contributed by atoms with Crippen molar-refractivity contribution in [2.24, 2.45) is 0 Å². The summed E-state index contributed by atoms with van der Waals surface area (Å²) in [5.41, 5.74) is 1.65. The average Bonchev–Trinajstić information content (AvgIpc) is 3.03. The normalized spacial score (nSPS) is 10.8. The lowest BCUT2D eigenvalue weighted by Crippen LogP contribution is -2.22. The van der Waals surface area contributed by atoms with E-state index in [2.05, 4.69) is 26.2 Å². The molecule has 0 aliphatic heterocycles. The predicted octanol–water partition coefficient (Wildman–Crippen LogP) is 3.92. The molecule has 0 aliphatic carbocycles. The van der Waals surface area contributed by atoms with E-state index >= 15 is 0 Å². The molecule has 2 aromatic heterocycles. The predicted molar refractivity (Wildman–Crippen MR) is 81.5 cm³/mol. The number of rotatable bonds is 3. The highest BCUT2D eigenvalue weighted by Crippen LogP contribution is 2.22. The Kier molecular flexibility index (Phi) is 3.40. The van der Waals surface area contributed by atoms with E-state index in [1.54, 1.807) is 11.3 Å². The fourth-order valence-corrected chi connectivity index (χ4v) is 3.34. The number of carbonyl (C=O) groups excluding carboxylic acids is 1. The zero-order valence-electron chi connectivity index (χ0n) is 9.94. The first kappa shape index (κ1) is 12.4. The summed E-state index contributed by atoms with van der Waals surface area (Å²) in [5.74, 6) is -0.0585. The molecule has 1 amide bonds. The van der Waals surface area contributed by atoms with Gasteiger partial charge in [0.15, 0.2) is 0 Å². The van der Waals surface area contributed by atoms with E-state index in [0.717, 1.165) is 20.3 Å². The average molecular weight is 335 g/mol. The molecule has 0 saturated heterocycles. The SMILES string of the molecule is O=C(NCc1sccc1Br)c1ccc2cc[nH]c2c1. The third kappa shape index (κ3) is 2.57. The van der Waals surface area contributed by atoms with Gasteiger partial charge in [0.25, 0.3) is 5.91 Å². The van der Waals surface area contributed by atoms with E-state index in [1.807, 2.05) is 41.9 Å². The Hall–Kier alpha value is -1.59. The molecule has 0 radical (unpaired) electrons. The fourth-order valence-electron chi connectivity index (χ4n) is 1.90. The maximum atomic E-state index is 12.1. The lowest BCUT2D eigenvalue weighted by molar-refractivity contribution is 0.0951. The third-order valence-electron chi connectivity index (χ3n) is 2.92. The van der Waals surface area contributed by atoms with Crippen LogP contribution in [0.4, 0.5) is 0 Å². The molecule has 0 fully saturated rings. The van der Waals surface area contributed by atoms with Crippen LogP contribution in [0.2, 0.25) is 0 Å². The number of benzene rings is 1. The van der Waals surface area contributed by atoms with Crippen LogP contribution in [-0.2, 0) is 6.54 Å². The Bertz CT molecular complexity index is 732. The number of fused-ring (bicyclic) bond motifs is 1. The van der Waals surface area contributed by atoms with Crippen LogP contribution in [0.1, 0.15) is 15.2 Å². The van der Waals surface area contributed by atoms with Crippen molar-refractivity contribution in [2.45, 2.75) is 6.54 Å². The quantitative estimate of drug-likeness (QED) is 0.749. The first-order chi connectivity index (χ1) is 9.24. The van der Waals surface area contributed by atoms with E-state index in [-0.39, 0.29) is 5.91 Å². The number of thiophene rings is 1. The highest BCUT2D eigenvalue weighted by molar-refractivity contribution is 9.10. The van der Waals surface area contributed by atoms with Gasteiger partial charge in [0, 0.05) is 26.6 Å². The topological polar surface area (TPSA) is 44.9 Å². The summed E-state index contributed by atoms with van der Waals surface area (Å²) in [4.78, 5) is 16.3. The van der Waals surface area contributed by atoms with Gasteiger partial charge in [0.05, 0.1) is 6.54 Å². The lowest BCUT2D eigenvalue weighted by atomic mass is 10.1. The van der Waals surface area contributed by atoms with Crippen LogP contribution in [0, 0.1) is 0 Å². The van der Waals surface area contributed by atoms with Gasteiger partial charge in [-0.15, -0.1) is 11.3 Å². The van der Waals surface area contributed by atoms with Gasteiger partial charge in [0.1, 0.15) is 0 Å². The summed E-state index contributed by atoms with van der Waals surface area (Å²) >= 11 is 5.08. The summed E-state index contributed by atoms with van der Waals surface area (Å²) in [6.45, 7) is 0.542. The zero-order chi connectivity index (χ0) is 13.2. The van der Waals surface area contributed by atoms with Gasteiger partial charge in [0.2, 0.25) is 0 Å². The van der Waals surface area contributed by atoms with Crippen LogP contribution in [0.3, 0.4) is 0 Å². The minimum Gasteiger partial charge on any atom is -0.361 e. The molecule has 0 atom stereocenters. The lowest BCUT2D eigenvalue weighted by Gasteiger charge is -2.04. The molecule has 2 N–H and O–H groups in total. The van der Waals surface area contributed by atoms with Gasteiger partial charge in [-0.3, -0.25) is 4.79 Å². The van der Waals surface area contributed by atoms with Gasteiger partial charge >= 0.3 is 0 Å². The second-order valence-electron chi connectivity index (χ2n) is 4.15. The third-order valence-corrected chi connectivity index (χ3v) is 4.84. The Morgan fingerprint density at radius 3 is 3.00 bits per heavy atom. The monoisotopic (exact) mass is 334 g/mol. The molecule has 3 nitrogen and oxygen atoms in total. The first-order valence-electron chi connectivity index (χ1n) is 5.81. The van der Waals surface area contributed by atoms with Crippen LogP contribution < -0.4 is 5.32 Å². The Labute approximate surface area is 122 Å². The van der Waals surface area contributed by atoms with Crippen molar-refractivity contribution in [3.8, 4) is 0 Å². The molecule has 0 saturated carbocycles. The molecular weight excluding hydrogens is 324 g/mol. The molecule has 3 rings (SSSR count). The first-order valence-corrected chi connectivity index (χ1v) is 7.48. The maximum absolute atomic E-state index is 12.1. The van der Waals surface area contributed by atoms with Crippen LogP contribution in [0.25, 0.3) is 10.9 Å². The highest BCUT2D eigenvalue weighted by atomic mass is 79.9. The minimum atomic E-state index is -0.0585. The standard InChI is InChI=1S/C14H11BrN2OS/c15-11-4-6-19-13(11)8-17-14(18)10-2-1-9-3-5-16-12(9)7-10/h1-7,16H,8H2,(H,17,18). The zero-order valence-corrected chi connectivity index (χ0v) is 12.3. The number of aromatic amines is 1. The van der Waals surface area contributed by atoms with Crippen molar-refractivity contribution < 1.29 is 4.79 Å². The molecule has 0 unspecified atom stereocenters. The Morgan fingerprint density at radius 1 is 1.32 bits per heavy atom. The van der Waals surface area contributed by atoms with Crippen molar-refractivity contribution in [2.75, 3.05) is 0 Å². The summed E-state index contributed by atoms with van der Waals surface area (Å²) in [7, 11) is 0. The molecule has 3 aromatic rings. The van der Waals surface area contributed by atoms with Crippen molar-refractivity contribution in [1.82, 2.24) is 10.3 Å². The van der Waals surface area contributed by atoms with Crippen LogP contribution in [0.5, 0.6) is 0 Å². The van der Waals surface area contributed by atoms with Gasteiger partial charge in [-0.25, -0.2) is 0 Å². The molecule has 0 spiro atoms. The fraction of sp³-hybridized carbons (Fsp3) is 0.0714. The Morgan fingerprint density at radius 2 is 2.21 bits per heavy atom. The van der Waals surface area contributed by atoms with Gasteiger partial charge in [-0.2, -0.15) is 0 Å². The smallest absolute Gasteiger partial charge is 0.251 e. The molecule has 2 heterocycles. The number of halogens is 1. The summed E-state index contributed by atoms with van der Waals surface area (Å²) in [6.07, 6.45) is 1.87. The van der Waals surface area contributed by atoms with Crippen molar-refractivity contribution in [3.05, 3.63) is 56.8 Å². The number of amides is 1. The number of aromatic nitrogens is 1. The number of nitrogens with one attached hydrogen (secondary N) is 2. The van der Waals surface area contributed by atoms with E-state index in [0.29, 0.717) is 12.1 Å². The number of hydrogen-bond donors (Lipinski definition) is 2. The van der Waals surface area contributed by atoms with Crippen LogP contribution in [0.15, 0.2) is 46.4 Å². The van der Waals surface area contributed by atoms with Gasteiger partial charge in [-0.05, 0) is 51.0 Å². The molecule has 19 heavy (non-hydrogen) atoms. The van der Waals surface area contributed by atoms with Gasteiger partial charge < -0.3 is 10.3 Å². The van der Waals surface area contributed by atoms with Crippen LogP contribution >= 0.6 is 27.3 Å². The summed E-state index contributed by atoms with van der Waals surface area (Å²) < 4.78 is 1.04. The second-order valence-corrected chi connectivity index (χ2v) is 6.01. The molecule has 5 heteroatoms. The highest BCUT2D eigenvalue weighted by Gasteiger charge is 2.08. The van der Waals surface area contributed by atoms with Crippen LogP contribution in [-0.4, -0.2) is 10.9 Å². The molecule has 96 valence electrons. The number of H-pyrrole nitrogens is 1. The number of hydrogen-bond acceptors (Lipinski definition) is 2. The molecule has 1 aromatic carbocycles. The second kappa shape index (κ2) is 5.19. The summed E-state index contributed by atoms with van der Waals surface area (Å²) in [6, 6.07) is 9.63. The van der Waals surface area contributed by atoms with E-state index in [1.165, 1.54) is 0 Å². The van der Waals surface area contributed by atoms with E-state index in [4.69, 9.17) is 0 Å². The Balaban J connectivity index is 1.74. The molecule has 0 aliphatic rings. The van der Waals surface area contributed by atoms with E-state index < -0.39 is 0 Å². The molecule has 0 bridgehead atoms. The maximum Gasteiger partial charge on any atom is 0.251 e. The van der Waals surface area contributed by atoms with Crippen molar-refractivity contribution in [1.29, 1.82) is 0 Å². The minimum absolute atomic E-state index is 0.0585. The van der Waals surface area contributed by atoms with Crippen molar-refractivity contribution in [3.63, 3.8) is 0 Å². The van der Waals surface area contributed by atoms with Crippen molar-refractivity contribution >= 4 is 44.1 Å². The summed E-state index contributed by atoms with van der Waals surface area (Å²) in [5, 5.41) is 6.03. The molecular formula is C14H11BrN2OS. The van der Waals surface area contributed by atoms with E-state index in [9.17, 15) is 4.79 Å².